The Hall–Kier alpha value is -5.03. The molecule has 1 saturated heterocycles. The fourth-order valence-electron chi connectivity index (χ4n) is 6.31. The van der Waals surface area contributed by atoms with E-state index in [-0.39, 0.29) is 37.6 Å². The van der Waals surface area contributed by atoms with Crippen molar-refractivity contribution in [1.82, 2.24) is 0 Å². The Bertz CT molecular complexity index is 1840. The number of benzene rings is 5. The lowest BCUT2D eigenvalue weighted by molar-refractivity contribution is -0.275. The van der Waals surface area contributed by atoms with Gasteiger partial charge < -0.3 is 39.0 Å². The lowest BCUT2D eigenvalue weighted by Crippen LogP contribution is -2.58. The van der Waals surface area contributed by atoms with Gasteiger partial charge in [-0.1, -0.05) is 121 Å². The molecule has 5 unspecified atom stereocenters. The summed E-state index contributed by atoms with van der Waals surface area (Å²) in [5.74, 6) is -2.22. The number of rotatable bonds is 15. The number of Topliss-reactive ketones (excluding diaryl/α,β-unsaturated/α-hetero) is 1. The molecule has 0 radical (unpaired) electrons. The Morgan fingerprint density at radius 3 is 1.49 bits per heavy atom. The molecule has 3 N–H and O–H groups in total. The summed E-state index contributed by atoms with van der Waals surface area (Å²) in [6.07, 6.45) is -4.56. The molecule has 5 atom stereocenters. The Kier molecular flexibility index (Phi) is 12.1. The average molecular weight is 691 g/mol. The van der Waals surface area contributed by atoms with Crippen molar-refractivity contribution in [2.45, 2.75) is 63.9 Å². The lowest BCUT2D eigenvalue weighted by atomic mass is 9.88. The third kappa shape index (κ3) is 9.02. The summed E-state index contributed by atoms with van der Waals surface area (Å²) in [5.41, 5.74) is 3.24. The zero-order chi connectivity index (χ0) is 35.6. The molecular formula is C42H42O9. The van der Waals surface area contributed by atoms with E-state index in [1.54, 1.807) is 0 Å². The van der Waals surface area contributed by atoms with Gasteiger partial charge in [-0.25, -0.2) is 0 Å². The number of carbonyl (C=O) groups excluding carboxylic acids is 1. The maximum atomic E-state index is 12.6. The summed E-state index contributed by atoms with van der Waals surface area (Å²) < 4.78 is 33.0. The minimum absolute atomic E-state index is 0.0562. The van der Waals surface area contributed by atoms with Crippen molar-refractivity contribution >= 4 is 5.78 Å². The number of hydrogen-bond donors (Lipinski definition) is 3. The van der Waals surface area contributed by atoms with Gasteiger partial charge in [-0.2, -0.15) is 0 Å². The first-order chi connectivity index (χ1) is 24.9. The van der Waals surface area contributed by atoms with Crippen molar-refractivity contribution in [3.05, 3.63) is 161 Å². The highest BCUT2D eigenvalue weighted by Gasteiger charge is 2.50. The molecule has 9 nitrogen and oxygen atoms in total. The van der Waals surface area contributed by atoms with Crippen molar-refractivity contribution in [2.75, 3.05) is 6.61 Å². The maximum absolute atomic E-state index is 12.6. The molecule has 0 aliphatic carbocycles. The first-order valence-corrected chi connectivity index (χ1v) is 16.9. The molecule has 1 aliphatic heterocycles. The molecule has 0 aromatic heterocycles. The third-order valence-electron chi connectivity index (χ3n) is 8.82. The molecule has 9 heteroatoms. The zero-order valence-corrected chi connectivity index (χ0v) is 28.3. The first kappa shape index (κ1) is 35.8. The largest absolute Gasteiger partial charge is 0.507 e. The van der Waals surface area contributed by atoms with Crippen LogP contribution in [0.25, 0.3) is 0 Å². The predicted molar refractivity (Wildman–Crippen MR) is 190 cm³/mol. The van der Waals surface area contributed by atoms with Crippen molar-refractivity contribution in [1.29, 1.82) is 0 Å². The van der Waals surface area contributed by atoms with E-state index in [4.69, 9.17) is 23.7 Å². The number of phenols is 3. The van der Waals surface area contributed by atoms with E-state index in [0.717, 1.165) is 28.3 Å². The van der Waals surface area contributed by atoms with Crippen molar-refractivity contribution < 1.29 is 43.8 Å². The number of hydrogen-bond acceptors (Lipinski definition) is 9. The summed E-state index contributed by atoms with van der Waals surface area (Å²) in [6.45, 7) is 2.13. The molecule has 1 fully saturated rings. The fourth-order valence-corrected chi connectivity index (χ4v) is 6.31. The van der Waals surface area contributed by atoms with Gasteiger partial charge in [-0.15, -0.1) is 0 Å². The monoisotopic (exact) mass is 690 g/mol. The molecular weight excluding hydrogens is 648 g/mol. The zero-order valence-electron chi connectivity index (χ0n) is 28.3. The molecule has 5 aromatic rings. The van der Waals surface area contributed by atoms with Crippen LogP contribution in [-0.2, 0) is 50.1 Å². The topological polar surface area (TPSA) is 124 Å². The SMILES string of the molecule is CC(=O)c1c(O)cc(O)c(C2OC(COCc3ccccc3)C(OCc3ccccc3)C(OCc3ccccc3)C2OCc2ccccc2)c1O. The molecule has 6 rings (SSSR count). The highest BCUT2D eigenvalue weighted by atomic mass is 16.6. The van der Waals surface area contributed by atoms with E-state index in [0.29, 0.717) is 6.61 Å². The van der Waals surface area contributed by atoms with Gasteiger partial charge in [0.25, 0.3) is 0 Å². The van der Waals surface area contributed by atoms with Gasteiger partial charge in [0.05, 0.1) is 38.6 Å². The van der Waals surface area contributed by atoms with Gasteiger partial charge in [0, 0.05) is 6.07 Å². The molecule has 1 aliphatic rings. The number of ketones is 1. The molecule has 5 aromatic carbocycles. The third-order valence-corrected chi connectivity index (χ3v) is 8.82. The van der Waals surface area contributed by atoms with Crippen LogP contribution in [0, 0.1) is 0 Å². The van der Waals surface area contributed by atoms with Crippen LogP contribution in [0.1, 0.15) is 51.2 Å². The van der Waals surface area contributed by atoms with E-state index in [1.165, 1.54) is 6.92 Å². The Labute approximate surface area is 297 Å². The van der Waals surface area contributed by atoms with Crippen molar-refractivity contribution in [2.24, 2.45) is 0 Å². The number of aromatic hydroxyl groups is 3. The average Bonchev–Trinajstić information content (AvgIpc) is 3.14. The number of carbonyl (C=O) groups is 1. The number of phenolic OH excluding ortho intramolecular Hbond substituents is 3. The minimum Gasteiger partial charge on any atom is -0.507 e. The predicted octanol–water partition coefficient (Wildman–Crippen LogP) is 7.42. The second-order valence-electron chi connectivity index (χ2n) is 12.5. The van der Waals surface area contributed by atoms with Crippen LogP contribution in [0.5, 0.6) is 17.2 Å². The second kappa shape index (κ2) is 17.3. The van der Waals surface area contributed by atoms with E-state index in [9.17, 15) is 20.1 Å². The first-order valence-electron chi connectivity index (χ1n) is 16.9. The maximum Gasteiger partial charge on any atom is 0.167 e. The quantitative estimate of drug-likeness (QED) is 0.0963. The highest BCUT2D eigenvalue weighted by molar-refractivity contribution is 6.00. The normalized spacial score (nSPS) is 20.2. The summed E-state index contributed by atoms with van der Waals surface area (Å²) in [6, 6.07) is 39.7. The van der Waals surface area contributed by atoms with Gasteiger partial charge >= 0.3 is 0 Å². The summed E-state index contributed by atoms with van der Waals surface area (Å²) in [4.78, 5) is 12.6. The van der Waals surface area contributed by atoms with Crippen LogP contribution in [0.4, 0.5) is 0 Å². The second-order valence-corrected chi connectivity index (χ2v) is 12.5. The van der Waals surface area contributed by atoms with Crippen molar-refractivity contribution in [3.63, 3.8) is 0 Å². The van der Waals surface area contributed by atoms with Crippen molar-refractivity contribution in [3.8, 4) is 17.2 Å². The van der Waals surface area contributed by atoms with Gasteiger partial charge in [-0.3, -0.25) is 4.79 Å². The Balaban J connectivity index is 1.43. The Morgan fingerprint density at radius 2 is 1.02 bits per heavy atom. The van der Waals surface area contributed by atoms with Gasteiger partial charge in [-0.05, 0) is 29.2 Å². The minimum atomic E-state index is -1.19. The van der Waals surface area contributed by atoms with Crippen LogP contribution in [0.15, 0.2) is 127 Å². The summed E-state index contributed by atoms with van der Waals surface area (Å²) in [7, 11) is 0. The number of ether oxygens (including phenoxy) is 5. The van der Waals surface area contributed by atoms with Gasteiger partial charge in [0.15, 0.2) is 5.78 Å². The molecule has 264 valence electrons. The summed E-state index contributed by atoms with van der Waals surface area (Å²) in [5, 5.41) is 33.4. The van der Waals surface area contributed by atoms with E-state index in [2.05, 4.69) is 0 Å². The van der Waals surface area contributed by atoms with Gasteiger partial charge in [0.2, 0.25) is 0 Å². The van der Waals surface area contributed by atoms with Crippen LogP contribution in [0.3, 0.4) is 0 Å². The molecule has 0 amide bonds. The van der Waals surface area contributed by atoms with E-state index in [1.807, 2.05) is 121 Å². The van der Waals surface area contributed by atoms with Crippen LogP contribution in [-0.4, -0.2) is 52.1 Å². The van der Waals surface area contributed by atoms with E-state index >= 15 is 0 Å². The Morgan fingerprint density at radius 1 is 0.588 bits per heavy atom. The highest BCUT2D eigenvalue weighted by Crippen LogP contribution is 2.48. The molecule has 1 heterocycles. The standard InChI is InChI=1S/C42H42O9/c1-28(43)36-33(44)22-34(45)37(38(36)46)40-42(50-26-32-20-12-5-13-21-32)41(49-25-31-18-10-4-11-19-31)39(48-24-30-16-8-3-9-17-30)35(51-40)27-47-23-29-14-6-2-7-15-29/h2-22,35,39-42,44-46H,23-27H2,1H3. The molecule has 0 saturated carbocycles. The summed E-state index contributed by atoms with van der Waals surface area (Å²) >= 11 is 0. The van der Waals surface area contributed by atoms with Gasteiger partial charge in [0.1, 0.15) is 53.3 Å². The molecule has 0 spiro atoms. The fraction of sp³-hybridized carbons (Fsp3) is 0.262. The van der Waals surface area contributed by atoms with Crippen LogP contribution < -0.4 is 0 Å². The smallest absolute Gasteiger partial charge is 0.167 e. The van der Waals surface area contributed by atoms with Crippen LogP contribution in [0.2, 0.25) is 0 Å². The van der Waals surface area contributed by atoms with E-state index < -0.39 is 53.6 Å². The van der Waals surface area contributed by atoms with Crippen LogP contribution >= 0.6 is 0 Å². The molecule has 51 heavy (non-hydrogen) atoms. The lowest BCUT2D eigenvalue weighted by Gasteiger charge is -2.46. The molecule has 0 bridgehead atoms.